The maximum Gasteiger partial charge on any atom is 0.248 e. The summed E-state index contributed by atoms with van der Waals surface area (Å²) < 4.78 is 7.16. The predicted molar refractivity (Wildman–Crippen MR) is 129 cm³/mol. The third-order valence-electron chi connectivity index (χ3n) is 5.50. The number of Topliss-reactive ketones (excluding diaryl/α,β-unsaturated/α-hetero) is 1. The maximum absolute atomic E-state index is 13.6. The Morgan fingerprint density at radius 1 is 1.22 bits per heavy atom. The number of benzene rings is 1. The van der Waals surface area contributed by atoms with Gasteiger partial charge in [-0.25, -0.2) is 4.98 Å². The Labute approximate surface area is 201 Å². The molecule has 4 rings (SSSR count). The van der Waals surface area contributed by atoms with Crippen molar-refractivity contribution in [2.75, 3.05) is 6.61 Å². The first kappa shape index (κ1) is 22.8. The highest BCUT2D eigenvalue weighted by atomic mass is 35.5. The number of halogens is 1. The zero-order valence-corrected chi connectivity index (χ0v) is 20.2. The van der Waals surface area contributed by atoms with Gasteiger partial charge in [-0.3, -0.25) is 13.9 Å². The molecule has 0 saturated carbocycles. The standard InChI is InChI=1S/C24H23ClN2O3S2/c1-15(2)13-30-21-9-5-8-20(26-21)24(16-10-11-32-14-16)12-19(28)22(23(29)27(24)31)17-6-3-4-7-18(17)25/h3-11,14-15,22,31H,12-13H2,1-2H3. The van der Waals surface area contributed by atoms with E-state index in [2.05, 4.69) is 26.7 Å². The monoisotopic (exact) mass is 486 g/mol. The second-order valence-electron chi connectivity index (χ2n) is 8.19. The molecule has 3 heterocycles. The van der Waals surface area contributed by atoms with Gasteiger partial charge in [-0.15, -0.1) is 0 Å². The quantitative estimate of drug-likeness (QED) is 0.369. The van der Waals surface area contributed by atoms with Crippen LogP contribution in [0.25, 0.3) is 0 Å². The molecule has 1 saturated heterocycles. The summed E-state index contributed by atoms with van der Waals surface area (Å²) in [6.07, 6.45) is 0.0233. The summed E-state index contributed by atoms with van der Waals surface area (Å²) in [5.41, 5.74) is 0.660. The van der Waals surface area contributed by atoms with Gasteiger partial charge in [0.1, 0.15) is 11.5 Å². The van der Waals surface area contributed by atoms with Crippen LogP contribution in [0.1, 0.15) is 43.0 Å². The van der Waals surface area contributed by atoms with E-state index in [1.54, 1.807) is 36.4 Å². The number of carbonyl (C=O) groups is 2. The minimum absolute atomic E-state index is 0.0233. The van der Waals surface area contributed by atoms with Gasteiger partial charge in [-0.1, -0.05) is 62.5 Å². The topological polar surface area (TPSA) is 59.5 Å². The molecular formula is C24H23ClN2O3S2. The van der Waals surface area contributed by atoms with Crippen LogP contribution in [0.15, 0.2) is 59.3 Å². The number of thiol groups is 1. The molecule has 1 fully saturated rings. The van der Waals surface area contributed by atoms with Crippen molar-refractivity contribution in [3.05, 3.63) is 81.1 Å². The average molecular weight is 487 g/mol. The number of amides is 1. The molecule has 0 radical (unpaired) electrons. The molecule has 1 aliphatic rings. The number of piperidine rings is 1. The molecule has 0 spiro atoms. The van der Waals surface area contributed by atoms with Crippen molar-refractivity contribution in [1.82, 2.24) is 9.29 Å². The van der Waals surface area contributed by atoms with Gasteiger partial charge in [0.15, 0.2) is 5.78 Å². The Morgan fingerprint density at radius 3 is 2.69 bits per heavy atom. The third kappa shape index (κ3) is 4.05. The van der Waals surface area contributed by atoms with Crippen molar-refractivity contribution >= 4 is 47.4 Å². The molecule has 8 heteroatoms. The fourth-order valence-corrected chi connectivity index (χ4v) is 5.31. The zero-order valence-electron chi connectivity index (χ0n) is 17.7. The summed E-state index contributed by atoms with van der Waals surface area (Å²) in [4.78, 5) is 31.8. The molecule has 1 aliphatic heterocycles. The van der Waals surface area contributed by atoms with E-state index in [4.69, 9.17) is 21.3 Å². The van der Waals surface area contributed by atoms with Gasteiger partial charge in [-0.05, 0) is 46.0 Å². The number of ketones is 1. The van der Waals surface area contributed by atoms with E-state index in [-0.39, 0.29) is 12.2 Å². The first-order chi connectivity index (χ1) is 15.3. The molecule has 0 aliphatic carbocycles. The average Bonchev–Trinajstić information content (AvgIpc) is 3.32. The van der Waals surface area contributed by atoms with Gasteiger partial charge in [0.05, 0.1) is 12.3 Å². The van der Waals surface area contributed by atoms with Crippen molar-refractivity contribution < 1.29 is 14.3 Å². The molecule has 2 aromatic heterocycles. The van der Waals surface area contributed by atoms with Crippen LogP contribution >= 0.6 is 35.8 Å². The van der Waals surface area contributed by atoms with Crippen molar-refractivity contribution in [2.45, 2.75) is 31.7 Å². The number of nitrogens with zero attached hydrogens (tertiary/aromatic N) is 2. The molecule has 2 atom stereocenters. The minimum Gasteiger partial charge on any atom is -0.477 e. The van der Waals surface area contributed by atoms with Crippen LogP contribution in [0, 0.1) is 5.92 Å². The number of ether oxygens (including phenoxy) is 1. The minimum atomic E-state index is -1.15. The fourth-order valence-electron chi connectivity index (χ4n) is 3.94. The molecule has 166 valence electrons. The van der Waals surface area contributed by atoms with Crippen LogP contribution in [0.2, 0.25) is 5.02 Å². The number of thiophene rings is 1. The normalized spacial score (nSPS) is 21.3. The van der Waals surface area contributed by atoms with Gasteiger partial charge < -0.3 is 4.74 Å². The van der Waals surface area contributed by atoms with Crippen LogP contribution in [-0.2, 0) is 15.1 Å². The van der Waals surface area contributed by atoms with Crippen LogP contribution in [0.3, 0.4) is 0 Å². The zero-order chi connectivity index (χ0) is 22.9. The van der Waals surface area contributed by atoms with Crippen LogP contribution in [-0.4, -0.2) is 27.6 Å². The van der Waals surface area contributed by atoms with E-state index >= 15 is 0 Å². The lowest BCUT2D eigenvalue weighted by molar-refractivity contribution is -0.142. The summed E-state index contributed by atoms with van der Waals surface area (Å²) in [5.74, 6) is -0.884. The third-order valence-corrected chi connectivity index (χ3v) is 7.06. The molecule has 0 N–H and O–H groups in total. The Morgan fingerprint density at radius 2 is 2.00 bits per heavy atom. The van der Waals surface area contributed by atoms with E-state index in [0.717, 1.165) is 5.56 Å². The number of hydrogen-bond acceptors (Lipinski definition) is 6. The van der Waals surface area contributed by atoms with Crippen molar-refractivity contribution in [3.63, 3.8) is 0 Å². The lowest BCUT2D eigenvalue weighted by Gasteiger charge is -2.45. The van der Waals surface area contributed by atoms with E-state index in [0.29, 0.717) is 34.7 Å². The SMILES string of the molecule is CC(C)COc1cccc(C2(c3ccsc3)CC(=O)C(c3ccccc3Cl)C(=O)N2S)n1. The highest BCUT2D eigenvalue weighted by molar-refractivity contribution is 7.78. The Hall–Kier alpha value is -2.35. The van der Waals surface area contributed by atoms with Crippen LogP contribution in [0.5, 0.6) is 5.88 Å². The van der Waals surface area contributed by atoms with Gasteiger partial charge in [-0.2, -0.15) is 11.3 Å². The van der Waals surface area contributed by atoms with E-state index in [9.17, 15) is 9.59 Å². The van der Waals surface area contributed by atoms with E-state index < -0.39 is 17.4 Å². The smallest absolute Gasteiger partial charge is 0.248 e. The van der Waals surface area contributed by atoms with Crippen LogP contribution in [0.4, 0.5) is 0 Å². The van der Waals surface area contributed by atoms with Crippen molar-refractivity contribution in [3.8, 4) is 5.88 Å². The summed E-state index contributed by atoms with van der Waals surface area (Å²) in [7, 11) is 0. The van der Waals surface area contributed by atoms with Gasteiger partial charge in [0.25, 0.3) is 0 Å². The molecular weight excluding hydrogens is 464 g/mol. The largest absolute Gasteiger partial charge is 0.477 e. The number of hydrogen-bond donors (Lipinski definition) is 1. The van der Waals surface area contributed by atoms with Gasteiger partial charge in [0.2, 0.25) is 11.8 Å². The summed E-state index contributed by atoms with van der Waals surface area (Å²) in [5, 5.41) is 4.21. The molecule has 0 bridgehead atoms. The Balaban J connectivity index is 1.80. The van der Waals surface area contributed by atoms with Crippen LogP contribution < -0.4 is 4.74 Å². The fraction of sp³-hybridized carbons (Fsp3) is 0.292. The second kappa shape index (κ2) is 9.25. The van der Waals surface area contributed by atoms with Gasteiger partial charge >= 0.3 is 0 Å². The molecule has 5 nitrogen and oxygen atoms in total. The molecule has 3 aromatic rings. The highest BCUT2D eigenvalue weighted by Gasteiger charge is 2.53. The molecule has 1 amide bonds. The van der Waals surface area contributed by atoms with E-state index in [1.165, 1.54) is 15.6 Å². The summed E-state index contributed by atoms with van der Waals surface area (Å²) in [6, 6.07) is 14.2. The number of aromatic nitrogens is 1. The van der Waals surface area contributed by atoms with E-state index in [1.807, 2.05) is 22.9 Å². The number of rotatable bonds is 6. The molecule has 1 aromatic carbocycles. The predicted octanol–water partition coefficient (Wildman–Crippen LogP) is 5.50. The highest BCUT2D eigenvalue weighted by Crippen LogP contribution is 2.48. The first-order valence-electron chi connectivity index (χ1n) is 10.3. The van der Waals surface area contributed by atoms with Gasteiger partial charge in [0, 0.05) is 17.5 Å². The number of pyridine rings is 1. The summed E-state index contributed by atoms with van der Waals surface area (Å²) in [6.45, 7) is 4.62. The first-order valence-corrected chi connectivity index (χ1v) is 12.0. The molecule has 32 heavy (non-hydrogen) atoms. The number of carbonyl (C=O) groups excluding carboxylic acids is 2. The Kier molecular flexibility index (Phi) is 6.60. The van der Waals surface area contributed by atoms with Crippen molar-refractivity contribution in [2.24, 2.45) is 5.92 Å². The lowest BCUT2D eigenvalue weighted by Crippen LogP contribution is -2.54. The maximum atomic E-state index is 13.6. The Bertz CT molecular complexity index is 1140. The second-order valence-corrected chi connectivity index (χ2v) is 9.77. The summed E-state index contributed by atoms with van der Waals surface area (Å²) >= 11 is 12.5. The lowest BCUT2D eigenvalue weighted by atomic mass is 9.75. The molecule has 2 unspecified atom stereocenters. The van der Waals surface area contributed by atoms with Crippen molar-refractivity contribution in [1.29, 1.82) is 0 Å².